The number of benzene rings is 1. The first-order chi connectivity index (χ1) is 8.98. The first kappa shape index (κ1) is 16.5. The second kappa shape index (κ2) is 7.91. The third-order valence-corrected chi connectivity index (χ3v) is 3.74. The second-order valence-electron chi connectivity index (χ2n) is 5.63. The van der Waals surface area contributed by atoms with Gasteiger partial charge < -0.3 is 10.1 Å². The van der Waals surface area contributed by atoms with Crippen molar-refractivity contribution in [3.05, 3.63) is 28.2 Å². The highest BCUT2D eigenvalue weighted by atomic mass is 79.9. The molecule has 0 radical (unpaired) electrons. The zero-order valence-electron chi connectivity index (χ0n) is 12.6. The molecule has 0 saturated carbocycles. The topological polar surface area (TPSA) is 21.3 Å². The predicted octanol–water partition coefficient (Wildman–Crippen LogP) is 4.42. The first-order valence-corrected chi connectivity index (χ1v) is 7.89. The van der Waals surface area contributed by atoms with E-state index in [0.717, 1.165) is 42.8 Å². The van der Waals surface area contributed by atoms with Crippen LogP contribution in [-0.4, -0.2) is 19.7 Å². The van der Waals surface area contributed by atoms with E-state index in [2.05, 4.69) is 54.2 Å². The Balaban J connectivity index is 2.67. The molecule has 1 aromatic rings. The van der Waals surface area contributed by atoms with Gasteiger partial charge in [0.15, 0.2) is 0 Å². The molecule has 0 aromatic heterocycles. The maximum absolute atomic E-state index is 5.70. The Morgan fingerprint density at radius 1 is 1.26 bits per heavy atom. The van der Waals surface area contributed by atoms with E-state index in [9.17, 15) is 0 Å². The quantitative estimate of drug-likeness (QED) is 0.763. The van der Waals surface area contributed by atoms with Crippen molar-refractivity contribution in [3.63, 3.8) is 0 Å². The van der Waals surface area contributed by atoms with Crippen LogP contribution in [0.5, 0.6) is 5.75 Å². The molecule has 0 aliphatic heterocycles. The summed E-state index contributed by atoms with van der Waals surface area (Å²) in [7, 11) is 0. The van der Waals surface area contributed by atoms with Gasteiger partial charge in [-0.05, 0) is 55.5 Å². The molecule has 0 amide bonds. The molecule has 2 nitrogen and oxygen atoms in total. The number of rotatable bonds is 8. The van der Waals surface area contributed by atoms with Crippen LogP contribution >= 0.6 is 15.9 Å². The molecule has 1 rings (SSSR count). The molecule has 0 aliphatic rings. The summed E-state index contributed by atoms with van der Waals surface area (Å²) in [4.78, 5) is 0. The summed E-state index contributed by atoms with van der Waals surface area (Å²) in [6.45, 7) is 11.6. The second-order valence-corrected chi connectivity index (χ2v) is 6.55. The lowest BCUT2D eigenvalue weighted by atomic mass is 9.86. The molecule has 0 fully saturated rings. The Morgan fingerprint density at radius 2 is 2.00 bits per heavy atom. The van der Waals surface area contributed by atoms with Crippen molar-refractivity contribution in [3.8, 4) is 5.75 Å². The third kappa shape index (κ3) is 5.96. The highest BCUT2D eigenvalue weighted by Crippen LogP contribution is 2.28. The van der Waals surface area contributed by atoms with Crippen LogP contribution in [0.3, 0.4) is 0 Å². The lowest BCUT2D eigenvalue weighted by Gasteiger charge is -2.25. The molecule has 0 bridgehead atoms. The van der Waals surface area contributed by atoms with Gasteiger partial charge in [0.1, 0.15) is 5.75 Å². The monoisotopic (exact) mass is 327 g/mol. The van der Waals surface area contributed by atoms with E-state index in [0.29, 0.717) is 5.41 Å². The summed E-state index contributed by atoms with van der Waals surface area (Å²) in [5.74, 6) is 1.02. The molecule has 108 valence electrons. The van der Waals surface area contributed by atoms with Gasteiger partial charge in [0.2, 0.25) is 0 Å². The van der Waals surface area contributed by atoms with Crippen molar-refractivity contribution < 1.29 is 4.74 Å². The summed E-state index contributed by atoms with van der Waals surface area (Å²) in [6, 6.07) is 6.27. The van der Waals surface area contributed by atoms with Gasteiger partial charge in [-0.2, -0.15) is 0 Å². The van der Waals surface area contributed by atoms with Crippen LogP contribution in [0.25, 0.3) is 0 Å². The number of aryl methyl sites for hydroxylation is 1. The molecule has 19 heavy (non-hydrogen) atoms. The summed E-state index contributed by atoms with van der Waals surface area (Å²) in [6.07, 6.45) is 2.20. The number of nitrogens with one attached hydrogen (secondary N) is 1. The molecular formula is C16H26BrNO. The van der Waals surface area contributed by atoms with E-state index in [-0.39, 0.29) is 0 Å². The lowest BCUT2D eigenvalue weighted by molar-refractivity contribution is 0.309. The van der Waals surface area contributed by atoms with E-state index < -0.39 is 0 Å². The van der Waals surface area contributed by atoms with Crippen molar-refractivity contribution in [1.29, 1.82) is 0 Å². The summed E-state index contributed by atoms with van der Waals surface area (Å²) in [5, 5.41) is 3.44. The zero-order chi connectivity index (χ0) is 14.3. The van der Waals surface area contributed by atoms with Gasteiger partial charge in [0, 0.05) is 11.0 Å². The standard InChI is InChI=1S/C16H26BrNO/c1-5-18-12-16(3,4)10-9-13-11-14(17)7-8-15(13)19-6-2/h7-8,11,18H,5-6,9-10,12H2,1-4H3. The minimum Gasteiger partial charge on any atom is -0.494 e. The molecule has 0 heterocycles. The fourth-order valence-corrected chi connectivity index (χ4v) is 2.47. The fraction of sp³-hybridized carbons (Fsp3) is 0.625. The van der Waals surface area contributed by atoms with Crippen LogP contribution in [0.4, 0.5) is 0 Å². The Hall–Kier alpha value is -0.540. The minimum atomic E-state index is 0.307. The molecule has 0 unspecified atom stereocenters. The predicted molar refractivity (Wildman–Crippen MR) is 86.0 cm³/mol. The van der Waals surface area contributed by atoms with Gasteiger partial charge in [-0.3, -0.25) is 0 Å². The van der Waals surface area contributed by atoms with Crippen LogP contribution in [0.15, 0.2) is 22.7 Å². The van der Waals surface area contributed by atoms with Gasteiger partial charge in [-0.1, -0.05) is 36.7 Å². The molecule has 0 spiro atoms. The molecule has 1 N–H and O–H groups in total. The molecule has 0 atom stereocenters. The van der Waals surface area contributed by atoms with Crippen molar-refractivity contribution in [2.24, 2.45) is 5.41 Å². The van der Waals surface area contributed by atoms with Gasteiger partial charge in [-0.25, -0.2) is 0 Å². The third-order valence-electron chi connectivity index (χ3n) is 3.25. The molecule has 0 aliphatic carbocycles. The van der Waals surface area contributed by atoms with E-state index >= 15 is 0 Å². The van der Waals surface area contributed by atoms with Gasteiger partial charge in [0.05, 0.1) is 6.61 Å². The van der Waals surface area contributed by atoms with E-state index in [1.165, 1.54) is 5.56 Å². The van der Waals surface area contributed by atoms with Crippen LogP contribution in [0.2, 0.25) is 0 Å². The average molecular weight is 328 g/mol. The summed E-state index contributed by atoms with van der Waals surface area (Å²) >= 11 is 3.54. The van der Waals surface area contributed by atoms with Crippen molar-refractivity contribution in [2.75, 3.05) is 19.7 Å². The SMILES string of the molecule is CCNCC(C)(C)CCc1cc(Br)ccc1OCC. The van der Waals surface area contributed by atoms with Crippen molar-refractivity contribution in [1.82, 2.24) is 5.32 Å². The lowest BCUT2D eigenvalue weighted by Crippen LogP contribution is -2.29. The van der Waals surface area contributed by atoms with Crippen LogP contribution in [-0.2, 0) is 6.42 Å². The maximum atomic E-state index is 5.70. The highest BCUT2D eigenvalue weighted by Gasteiger charge is 2.18. The minimum absolute atomic E-state index is 0.307. The molecule has 1 aromatic carbocycles. The molecular weight excluding hydrogens is 302 g/mol. The number of ether oxygens (including phenoxy) is 1. The Morgan fingerprint density at radius 3 is 2.63 bits per heavy atom. The highest BCUT2D eigenvalue weighted by molar-refractivity contribution is 9.10. The summed E-state index contributed by atoms with van der Waals surface area (Å²) < 4.78 is 6.82. The number of hydrogen-bond donors (Lipinski definition) is 1. The maximum Gasteiger partial charge on any atom is 0.122 e. The van der Waals surface area contributed by atoms with Crippen LogP contribution < -0.4 is 10.1 Å². The Labute approximate surface area is 126 Å². The fourth-order valence-electron chi connectivity index (χ4n) is 2.06. The van der Waals surface area contributed by atoms with Crippen molar-refractivity contribution in [2.45, 2.75) is 40.5 Å². The Kier molecular flexibility index (Phi) is 6.87. The number of halogens is 1. The number of hydrogen-bond acceptors (Lipinski definition) is 2. The van der Waals surface area contributed by atoms with Crippen LogP contribution in [0.1, 0.15) is 39.7 Å². The van der Waals surface area contributed by atoms with Gasteiger partial charge >= 0.3 is 0 Å². The van der Waals surface area contributed by atoms with E-state index in [4.69, 9.17) is 4.74 Å². The van der Waals surface area contributed by atoms with Crippen molar-refractivity contribution >= 4 is 15.9 Å². The van der Waals surface area contributed by atoms with Gasteiger partial charge in [0.25, 0.3) is 0 Å². The smallest absolute Gasteiger partial charge is 0.122 e. The Bertz CT molecular complexity index is 390. The normalized spacial score (nSPS) is 11.6. The average Bonchev–Trinajstić information content (AvgIpc) is 2.37. The van der Waals surface area contributed by atoms with E-state index in [1.807, 2.05) is 13.0 Å². The largest absolute Gasteiger partial charge is 0.494 e. The van der Waals surface area contributed by atoms with Gasteiger partial charge in [-0.15, -0.1) is 0 Å². The zero-order valence-corrected chi connectivity index (χ0v) is 14.1. The van der Waals surface area contributed by atoms with E-state index in [1.54, 1.807) is 0 Å². The first-order valence-electron chi connectivity index (χ1n) is 7.10. The molecule has 0 saturated heterocycles. The molecule has 3 heteroatoms. The van der Waals surface area contributed by atoms with Crippen LogP contribution in [0, 0.1) is 5.41 Å². The summed E-state index contributed by atoms with van der Waals surface area (Å²) in [5.41, 5.74) is 1.60.